The van der Waals surface area contributed by atoms with Gasteiger partial charge in [0.2, 0.25) is 0 Å². The zero-order chi connectivity index (χ0) is 14.7. The van der Waals surface area contributed by atoms with Gasteiger partial charge in [-0.05, 0) is 30.3 Å². The average Bonchev–Trinajstić information content (AvgIpc) is 2.41. The molecule has 0 atom stereocenters. The Morgan fingerprint density at radius 1 is 1.10 bits per heavy atom. The second kappa shape index (κ2) is 5.71. The molecule has 102 valence electrons. The lowest BCUT2D eigenvalue weighted by atomic mass is 10.2. The third-order valence-electron chi connectivity index (χ3n) is 2.47. The standard InChI is InChI=1S/C14H8ClFO4/c15-8-5-6-12(10(7-8)13(17)18)20-14(19)9-3-1-2-4-11(9)16/h1-7H,(H,17,18). The lowest BCUT2D eigenvalue weighted by Crippen LogP contribution is -2.13. The molecule has 0 saturated carbocycles. The van der Waals surface area contributed by atoms with E-state index in [1.165, 1.54) is 30.3 Å². The molecule has 20 heavy (non-hydrogen) atoms. The summed E-state index contributed by atoms with van der Waals surface area (Å²) in [5.41, 5.74) is -0.555. The zero-order valence-electron chi connectivity index (χ0n) is 9.97. The summed E-state index contributed by atoms with van der Waals surface area (Å²) in [6.07, 6.45) is 0. The molecule has 0 amide bonds. The van der Waals surface area contributed by atoms with Crippen molar-refractivity contribution in [1.82, 2.24) is 0 Å². The zero-order valence-corrected chi connectivity index (χ0v) is 10.7. The number of hydrogen-bond acceptors (Lipinski definition) is 3. The van der Waals surface area contributed by atoms with Gasteiger partial charge in [-0.3, -0.25) is 0 Å². The summed E-state index contributed by atoms with van der Waals surface area (Å²) in [6.45, 7) is 0. The highest BCUT2D eigenvalue weighted by Crippen LogP contribution is 2.24. The Labute approximate surface area is 118 Å². The van der Waals surface area contributed by atoms with E-state index in [2.05, 4.69) is 0 Å². The second-order valence-corrected chi connectivity index (χ2v) is 4.25. The van der Waals surface area contributed by atoms with Gasteiger partial charge in [-0.1, -0.05) is 23.7 Å². The quantitative estimate of drug-likeness (QED) is 0.696. The Hall–Kier alpha value is -2.40. The highest BCUT2D eigenvalue weighted by molar-refractivity contribution is 6.31. The van der Waals surface area contributed by atoms with Crippen molar-refractivity contribution in [1.29, 1.82) is 0 Å². The smallest absolute Gasteiger partial charge is 0.346 e. The van der Waals surface area contributed by atoms with Crippen molar-refractivity contribution in [2.24, 2.45) is 0 Å². The van der Waals surface area contributed by atoms with Gasteiger partial charge >= 0.3 is 11.9 Å². The van der Waals surface area contributed by atoms with Gasteiger partial charge in [-0.2, -0.15) is 0 Å². The van der Waals surface area contributed by atoms with Crippen molar-refractivity contribution in [2.45, 2.75) is 0 Å². The molecule has 6 heteroatoms. The molecule has 0 radical (unpaired) electrons. The van der Waals surface area contributed by atoms with Crippen LogP contribution in [0, 0.1) is 5.82 Å². The number of benzene rings is 2. The second-order valence-electron chi connectivity index (χ2n) is 3.81. The molecule has 0 fully saturated rings. The van der Waals surface area contributed by atoms with Crippen molar-refractivity contribution >= 4 is 23.5 Å². The van der Waals surface area contributed by atoms with E-state index >= 15 is 0 Å². The molecular formula is C14H8ClFO4. The van der Waals surface area contributed by atoms with Crippen LogP contribution in [0.15, 0.2) is 42.5 Å². The minimum absolute atomic E-state index is 0.188. The van der Waals surface area contributed by atoms with Crippen LogP contribution >= 0.6 is 11.6 Å². The van der Waals surface area contributed by atoms with Crippen LogP contribution in [0.25, 0.3) is 0 Å². The number of esters is 1. The monoisotopic (exact) mass is 294 g/mol. The molecule has 0 aliphatic heterocycles. The number of carbonyl (C=O) groups excluding carboxylic acids is 1. The van der Waals surface area contributed by atoms with Crippen LogP contribution in [0.4, 0.5) is 4.39 Å². The number of hydrogen-bond donors (Lipinski definition) is 1. The number of carboxylic acid groups (broad SMARTS) is 1. The SMILES string of the molecule is O=C(Oc1ccc(Cl)cc1C(=O)O)c1ccccc1F. The highest BCUT2D eigenvalue weighted by atomic mass is 35.5. The van der Waals surface area contributed by atoms with Crippen LogP contribution in [0.1, 0.15) is 20.7 Å². The third kappa shape index (κ3) is 2.95. The Kier molecular flexibility index (Phi) is 4.00. The van der Waals surface area contributed by atoms with Gasteiger partial charge < -0.3 is 9.84 Å². The van der Waals surface area contributed by atoms with Crippen molar-refractivity contribution in [3.05, 3.63) is 64.4 Å². The van der Waals surface area contributed by atoms with Crippen molar-refractivity contribution < 1.29 is 23.8 Å². The maximum atomic E-state index is 13.4. The lowest BCUT2D eigenvalue weighted by molar-refractivity contribution is 0.0680. The number of carbonyl (C=O) groups is 2. The van der Waals surface area contributed by atoms with Gasteiger partial charge in [0.25, 0.3) is 0 Å². The molecule has 2 aromatic rings. The molecule has 1 N–H and O–H groups in total. The summed E-state index contributed by atoms with van der Waals surface area (Å²) in [5.74, 6) is -3.23. The van der Waals surface area contributed by atoms with Crippen molar-refractivity contribution in [2.75, 3.05) is 0 Å². The van der Waals surface area contributed by atoms with Crippen LogP contribution in [0.3, 0.4) is 0 Å². The normalized spacial score (nSPS) is 10.1. The summed E-state index contributed by atoms with van der Waals surface area (Å²) in [4.78, 5) is 22.8. The van der Waals surface area contributed by atoms with Crippen LogP contribution in [0.2, 0.25) is 5.02 Å². The van der Waals surface area contributed by atoms with Crippen molar-refractivity contribution in [3.8, 4) is 5.75 Å². The van der Waals surface area contributed by atoms with E-state index in [9.17, 15) is 14.0 Å². The molecule has 0 aliphatic carbocycles. The fourth-order valence-corrected chi connectivity index (χ4v) is 1.71. The highest BCUT2D eigenvalue weighted by Gasteiger charge is 2.18. The summed E-state index contributed by atoms with van der Waals surface area (Å²) in [7, 11) is 0. The predicted molar refractivity (Wildman–Crippen MR) is 69.8 cm³/mol. The first kappa shape index (κ1) is 14.0. The summed E-state index contributed by atoms with van der Waals surface area (Å²) in [6, 6.07) is 9.01. The Balaban J connectivity index is 2.33. The van der Waals surface area contributed by atoms with Gasteiger partial charge in [0.1, 0.15) is 17.1 Å². The fourth-order valence-electron chi connectivity index (χ4n) is 1.54. The van der Waals surface area contributed by atoms with Gasteiger partial charge in [-0.25, -0.2) is 14.0 Å². The lowest BCUT2D eigenvalue weighted by Gasteiger charge is -2.08. The first-order valence-electron chi connectivity index (χ1n) is 5.48. The number of aromatic carboxylic acids is 1. The number of rotatable bonds is 3. The van der Waals surface area contributed by atoms with Gasteiger partial charge in [0.05, 0.1) is 5.56 Å². The topological polar surface area (TPSA) is 63.6 Å². The van der Waals surface area contributed by atoms with E-state index in [4.69, 9.17) is 21.4 Å². The van der Waals surface area contributed by atoms with E-state index in [1.54, 1.807) is 0 Å². The maximum absolute atomic E-state index is 13.4. The van der Waals surface area contributed by atoms with Gasteiger partial charge in [0, 0.05) is 5.02 Å². The summed E-state index contributed by atoms with van der Waals surface area (Å²) >= 11 is 5.68. The van der Waals surface area contributed by atoms with Crippen LogP contribution in [-0.2, 0) is 0 Å². The van der Waals surface area contributed by atoms with E-state index in [-0.39, 0.29) is 21.9 Å². The van der Waals surface area contributed by atoms with E-state index < -0.39 is 17.8 Å². The Bertz CT molecular complexity index is 685. The molecule has 0 aliphatic rings. The van der Waals surface area contributed by atoms with Gasteiger partial charge in [0.15, 0.2) is 0 Å². The molecule has 0 saturated heterocycles. The summed E-state index contributed by atoms with van der Waals surface area (Å²) < 4.78 is 18.3. The predicted octanol–water partition coefficient (Wildman–Crippen LogP) is 3.40. The summed E-state index contributed by atoms with van der Waals surface area (Å²) in [5, 5.41) is 9.19. The molecular weight excluding hydrogens is 287 g/mol. The number of ether oxygens (including phenoxy) is 1. The van der Waals surface area contributed by atoms with Crippen molar-refractivity contribution in [3.63, 3.8) is 0 Å². The molecule has 2 rings (SSSR count). The Morgan fingerprint density at radius 2 is 1.80 bits per heavy atom. The largest absolute Gasteiger partial charge is 0.478 e. The Morgan fingerprint density at radius 3 is 2.45 bits per heavy atom. The minimum Gasteiger partial charge on any atom is -0.478 e. The van der Waals surface area contributed by atoms with E-state index in [0.717, 1.165) is 12.1 Å². The third-order valence-corrected chi connectivity index (χ3v) is 2.70. The molecule has 0 aromatic heterocycles. The number of carboxylic acids is 1. The minimum atomic E-state index is -1.30. The fraction of sp³-hybridized carbons (Fsp3) is 0. The van der Waals surface area contributed by atoms with E-state index in [1.807, 2.05) is 0 Å². The van der Waals surface area contributed by atoms with Gasteiger partial charge in [-0.15, -0.1) is 0 Å². The first-order chi connectivity index (χ1) is 9.49. The molecule has 2 aromatic carbocycles. The van der Waals surface area contributed by atoms with Crippen LogP contribution in [-0.4, -0.2) is 17.0 Å². The molecule has 0 spiro atoms. The molecule has 4 nitrogen and oxygen atoms in total. The first-order valence-corrected chi connectivity index (χ1v) is 5.86. The van der Waals surface area contributed by atoms with Crippen LogP contribution < -0.4 is 4.74 Å². The average molecular weight is 295 g/mol. The number of halogens is 2. The molecule has 0 heterocycles. The molecule has 0 unspecified atom stereocenters. The van der Waals surface area contributed by atoms with E-state index in [0.29, 0.717) is 0 Å². The van der Waals surface area contributed by atoms with Crippen LogP contribution in [0.5, 0.6) is 5.75 Å². The molecule has 0 bridgehead atoms. The maximum Gasteiger partial charge on any atom is 0.346 e.